The number of hydrogen-bond donors (Lipinski definition) is 0. The molecule has 22 heavy (non-hydrogen) atoms. The Balaban J connectivity index is 1.67. The van der Waals surface area contributed by atoms with Crippen LogP contribution in [-0.4, -0.2) is 54.6 Å². The van der Waals surface area contributed by atoms with Gasteiger partial charge < -0.3 is 9.64 Å². The van der Waals surface area contributed by atoms with Crippen LogP contribution in [0.4, 0.5) is 0 Å². The number of carbonyl (C=O) groups excluding carboxylic acids is 1. The highest BCUT2D eigenvalue weighted by atomic mass is 32.1. The van der Waals surface area contributed by atoms with Gasteiger partial charge in [-0.3, -0.25) is 9.69 Å². The van der Waals surface area contributed by atoms with E-state index in [1.165, 1.54) is 4.88 Å². The Bertz CT molecular complexity index is 560. The Morgan fingerprint density at radius 2 is 2.18 bits per heavy atom. The molecule has 3 rings (SSSR count). The van der Waals surface area contributed by atoms with Crippen LogP contribution in [-0.2, 0) is 16.1 Å². The van der Waals surface area contributed by atoms with E-state index in [0.717, 1.165) is 32.4 Å². The molecule has 0 aromatic carbocycles. The van der Waals surface area contributed by atoms with Gasteiger partial charge in [0.1, 0.15) is 6.07 Å². The van der Waals surface area contributed by atoms with Crippen LogP contribution >= 0.6 is 11.3 Å². The topological polar surface area (TPSA) is 56.6 Å². The fourth-order valence-electron chi connectivity index (χ4n) is 3.18. The lowest BCUT2D eigenvalue weighted by molar-refractivity contribution is -0.142. The zero-order valence-corrected chi connectivity index (χ0v) is 13.5. The highest BCUT2D eigenvalue weighted by molar-refractivity contribution is 7.10. The molecule has 2 aliphatic heterocycles. The molecule has 118 valence electrons. The molecule has 6 heteroatoms. The summed E-state index contributed by atoms with van der Waals surface area (Å²) in [7, 11) is 0. The number of amides is 1. The van der Waals surface area contributed by atoms with Crippen LogP contribution in [0.1, 0.15) is 29.7 Å². The van der Waals surface area contributed by atoms with Crippen molar-refractivity contribution in [3.05, 3.63) is 21.9 Å². The molecule has 0 spiro atoms. The van der Waals surface area contributed by atoms with Crippen molar-refractivity contribution in [1.29, 1.82) is 5.26 Å². The quantitative estimate of drug-likeness (QED) is 0.853. The predicted octanol–water partition coefficient (Wildman–Crippen LogP) is 1.83. The number of rotatable bonds is 3. The van der Waals surface area contributed by atoms with Crippen LogP contribution < -0.4 is 0 Å². The maximum Gasteiger partial charge on any atom is 0.240 e. The molecule has 0 saturated carbocycles. The first kappa shape index (κ1) is 15.5. The monoisotopic (exact) mass is 319 g/mol. The van der Waals surface area contributed by atoms with Crippen molar-refractivity contribution >= 4 is 17.2 Å². The van der Waals surface area contributed by atoms with Crippen molar-refractivity contribution in [2.45, 2.75) is 31.8 Å². The lowest BCUT2D eigenvalue weighted by atomic mass is 10.0. The summed E-state index contributed by atoms with van der Waals surface area (Å²) in [6, 6.07) is 4.10. The molecule has 1 aromatic heterocycles. The van der Waals surface area contributed by atoms with E-state index >= 15 is 0 Å². The van der Waals surface area contributed by atoms with Gasteiger partial charge in [-0.05, 0) is 25.5 Å². The molecule has 3 heterocycles. The van der Waals surface area contributed by atoms with Crippen molar-refractivity contribution in [3.63, 3.8) is 0 Å². The van der Waals surface area contributed by atoms with E-state index in [1.54, 1.807) is 11.3 Å². The van der Waals surface area contributed by atoms with Gasteiger partial charge in [0.05, 0.1) is 24.8 Å². The Labute approximate surface area is 135 Å². The molecule has 0 unspecified atom stereocenters. The second-order valence-corrected chi connectivity index (χ2v) is 6.83. The van der Waals surface area contributed by atoms with E-state index in [0.29, 0.717) is 31.9 Å². The van der Waals surface area contributed by atoms with Gasteiger partial charge in [0.25, 0.3) is 0 Å². The lowest BCUT2D eigenvalue weighted by Gasteiger charge is -2.38. The number of carbonyl (C=O) groups is 1. The highest BCUT2D eigenvalue weighted by Gasteiger charge is 2.32. The van der Waals surface area contributed by atoms with Crippen LogP contribution in [0.25, 0.3) is 0 Å². The summed E-state index contributed by atoms with van der Waals surface area (Å²) in [5.74, 6) is 0.250. The average Bonchev–Trinajstić information content (AvgIpc) is 3.03. The molecule has 0 bridgehead atoms. The molecule has 1 amide bonds. The average molecular weight is 319 g/mol. The number of morpholine rings is 1. The second kappa shape index (κ2) is 7.23. The van der Waals surface area contributed by atoms with Crippen molar-refractivity contribution < 1.29 is 9.53 Å². The molecule has 2 fully saturated rings. The maximum atomic E-state index is 12.8. The minimum atomic E-state index is -0.0144. The van der Waals surface area contributed by atoms with Crippen LogP contribution in [0.2, 0.25) is 0 Å². The fraction of sp³-hybridized carbons (Fsp3) is 0.625. The summed E-state index contributed by atoms with van der Waals surface area (Å²) in [6.45, 7) is 4.44. The first-order valence-corrected chi connectivity index (χ1v) is 8.74. The molecule has 2 aliphatic rings. The highest BCUT2D eigenvalue weighted by Crippen LogP contribution is 2.24. The molecular weight excluding hydrogens is 298 g/mol. The van der Waals surface area contributed by atoms with Crippen molar-refractivity contribution in [3.8, 4) is 6.07 Å². The summed E-state index contributed by atoms with van der Waals surface area (Å²) in [5, 5.41) is 10.8. The molecule has 1 atom stereocenters. The zero-order valence-electron chi connectivity index (χ0n) is 12.7. The van der Waals surface area contributed by atoms with Crippen LogP contribution in [0.5, 0.6) is 0 Å². The standard InChI is InChI=1S/C16H21N3O2S/c17-10-13-9-14(22-12-13)11-19-4-2-1-3-15(19)16(20)18-5-7-21-8-6-18/h9,12,15H,1-8,11H2/t15-/m0/s1. The number of piperidine rings is 1. The number of likely N-dealkylation sites (tertiary alicyclic amines) is 1. The van der Waals surface area contributed by atoms with E-state index in [1.807, 2.05) is 16.3 Å². The van der Waals surface area contributed by atoms with Crippen LogP contribution in [0.15, 0.2) is 11.4 Å². The summed E-state index contributed by atoms with van der Waals surface area (Å²) in [4.78, 5) is 18.2. The maximum absolute atomic E-state index is 12.8. The summed E-state index contributed by atoms with van der Waals surface area (Å²) >= 11 is 1.61. The van der Waals surface area contributed by atoms with Gasteiger partial charge in [-0.2, -0.15) is 5.26 Å². The van der Waals surface area contributed by atoms with E-state index in [2.05, 4.69) is 11.0 Å². The van der Waals surface area contributed by atoms with Crippen LogP contribution in [0.3, 0.4) is 0 Å². The minimum absolute atomic E-state index is 0.0144. The number of hydrogen-bond acceptors (Lipinski definition) is 5. The van der Waals surface area contributed by atoms with Crippen molar-refractivity contribution in [2.24, 2.45) is 0 Å². The summed E-state index contributed by atoms with van der Waals surface area (Å²) < 4.78 is 5.34. The normalized spacial score (nSPS) is 23.2. The Kier molecular flexibility index (Phi) is 5.08. The SMILES string of the molecule is N#Cc1csc(CN2CCCC[C@H]2C(=O)N2CCOCC2)c1. The second-order valence-electron chi connectivity index (χ2n) is 5.83. The zero-order chi connectivity index (χ0) is 15.4. The summed E-state index contributed by atoms with van der Waals surface area (Å²) in [5.41, 5.74) is 0.716. The predicted molar refractivity (Wildman–Crippen MR) is 84.5 cm³/mol. The van der Waals surface area contributed by atoms with Crippen molar-refractivity contribution in [1.82, 2.24) is 9.80 Å². The smallest absolute Gasteiger partial charge is 0.240 e. The molecule has 1 aromatic rings. The van der Waals surface area contributed by atoms with E-state index < -0.39 is 0 Å². The third kappa shape index (κ3) is 3.49. The van der Waals surface area contributed by atoms with Gasteiger partial charge in [0, 0.05) is 29.9 Å². The Morgan fingerprint density at radius 1 is 1.36 bits per heavy atom. The van der Waals surface area contributed by atoms with E-state index in [9.17, 15) is 4.79 Å². The summed E-state index contributed by atoms with van der Waals surface area (Å²) in [6.07, 6.45) is 3.20. The van der Waals surface area contributed by atoms with Gasteiger partial charge in [0.2, 0.25) is 5.91 Å². The third-order valence-electron chi connectivity index (χ3n) is 4.36. The molecule has 0 N–H and O–H groups in total. The first-order valence-electron chi connectivity index (χ1n) is 7.86. The lowest BCUT2D eigenvalue weighted by Crippen LogP contribution is -2.53. The fourth-order valence-corrected chi connectivity index (χ4v) is 4.01. The third-order valence-corrected chi connectivity index (χ3v) is 5.28. The first-order chi connectivity index (χ1) is 10.8. The van der Waals surface area contributed by atoms with E-state index in [4.69, 9.17) is 10.00 Å². The number of thiophene rings is 1. The van der Waals surface area contributed by atoms with Gasteiger partial charge in [-0.15, -0.1) is 11.3 Å². The largest absolute Gasteiger partial charge is 0.378 e. The number of nitrogens with zero attached hydrogens (tertiary/aromatic N) is 3. The number of nitriles is 1. The molecule has 5 nitrogen and oxygen atoms in total. The van der Waals surface area contributed by atoms with Crippen molar-refractivity contribution in [2.75, 3.05) is 32.8 Å². The van der Waals surface area contributed by atoms with Gasteiger partial charge >= 0.3 is 0 Å². The van der Waals surface area contributed by atoms with Crippen LogP contribution in [0, 0.1) is 11.3 Å². The molecule has 0 radical (unpaired) electrons. The number of ether oxygens (including phenoxy) is 1. The minimum Gasteiger partial charge on any atom is -0.378 e. The Morgan fingerprint density at radius 3 is 2.91 bits per heavy atom. The Hall–Kier alpha value is -1.42. The molecule has 2 saturated heterocycles. The van der Waals surface area contributed by atoms with E-state index in [-0.39, 0.29) is 11.9 Å². The van der Waals surface area contributed by atoms with Gasteiger partial charge in [-0.1, -0.05) is 6.42 Å². The van der Waals surface area contributed by atoms with Gasteiger partial charge in [-0.25, -0.2) is 0 Å². The van der Waals surface area contributed by atoms with Gasteiger partial charge in [0.15, 0.2) is 0 Å². The molecular formula is C16H21N3O2S. The molecule has 0 aliphatic carbocycles.